The van der Waals surface area contributed by atoms with Gasteiger partial charge in [-0.15, -0.1) is 0 Å². The second-order valence-electron chi connectivity index (χ2n) is 6.91. The van der Waals surface area contributed by atoms with Crippen LogP contribution in [-0.4, -0.2) is 47.5 Å². The molecule has 27 heavy (non-hydrogen) atoms. The van der Waals surface area contributed by atoms with E-state index in [1.807, 2.05) is 23.1 Å². The molecule has 1 aromatic heterocycles. The molecular weight excluding hydrogens is 340 g/mol. The normalized spacial score (nSPS) is 14.8. The van der Waals surface area contributed by atoms with Gasteiger partial charge < -0.3 is 14.5 Å². The van der Waals surface area contributed by atoms with E-state index in [1.165, 1.54) is 5.56 Å². The van der Waals surface area contributed by atoms with Gasteiger partial charge in [0, 0.05) is 44.4 Å². The van der Waals surface area contributed by atoms with Crippen LogP contribution in [0, 0.1) is 5.92 Å². The highest BCUT2D eigenvalue weighted by atomic mass is 16.5. The molecule has 0 N–H and O–H groups in total. The van der Waals surface area contributed by atoms with Crippen molar-refractivity contribution in [1.29, 1.82) is 0 Å². The number of nitrogens with zero attached hydrogens (tertiary/aromatic N) is 4. The molecule has 144 valence electrons. The molecule has 0 saturated carbocycles. The molecule has 0 spiro atoms. The first-order valence-corrected chi connectivity index (χ1v) is 9.66. The van der Waals surface area contributed by atoms with E-state index in [-0.39, 0.29) is 11.8 Å². The summed E-state index contributed by atoms with van der Waals surface area (Å²) in [5, 5.41) is 0. The minimum atomic E-state index is 0.0714. The largest absolute Gasteiger partial charge is 0.481 e. The quantitative estimate of drug-likeness (QED) is 0.751. The molecule has 1 fully saturated rings. The van der Waals surface area contributed by atoms with Crippen molar-refractivity contribution in [2.24, 2.45) is 5.92 Å². The van der Waals surface area contributed by atoms with E-state index in [2.05, 4.69) is 33.9 Å². The van der Waals surface area contributed by atoms with Gasteiger partial charge in [0.2, 0.25) is 17.7 Å². The zero-order valence-corrected chi connectivity index (χ0v) is 16.2. The van der Waals surface area contributed by atoms with E-state index < -0.39 is 0 Å². The number of piperidine rings is 1. The monoisotopic (exact) mass is 368 g/mol. The Kier molecular flexibility index (Phi) is 6.63. The van der Waals surface area contributed by atoms with Crippen molar-refractivity contribution in [3.05, 3.63) is 48.2 Å². The minimum absolute atomic E-state index is 0.0714. The van der Waals surface area contributed by atoms with Gasteiger partial charge in [-0.1, -0.05) is 37.3 Å². The van der Waals surface area contributed by atoms with E-state index in [0.29, 0.717) is 18.4 Å². The van der Waals surface area contributed by atoms with Gasteiger partial charge in [-0.05, 0) is 24.8 Å². The summed E-state index contributed by atoms with van der Waals surface area (Å²) >= 11 is 0. The highest BCUT2D eigenvalue weighted by molar-refractivity contribution is 5.79. The molecular formula is C21H28N4O2. The zero-order valence-electron chi connectivity index (χ0n) is 16.2. The van der Waals surface area contributed by atoms with Gasteiger partial charge in [-0.2, -0.15) is 4.98 Å². The lowest BCUT2D eigenvalue weighted by atomic mass is 9.95. The van der Waals surface area contributed by atoms with Crippen molar-refractivity contribution in [3.63, 3.8) is 0 Å². The zero-order chi connectivity index (χ0) is 19.1. The summed E-state index contributed by atoms with van der Waals surface area (Å²) in [7, 11) is 1.60. The Morgan fingerprint density at radius 1 is 1.22 bits per heavy atom. The Morgan fingerprint density at radius 3 is 2.63 bits per heavy atom. The lowest BCUT2D eigenvalue weighted by Gasteiger charge is -2.34. The van der Waals surface area contributed by atoms with Crippen LogP contribution in [0.2, 0.25) is 0 Å². The van der Waals surface area contributed by atoms with Gasteiger partial charge in [-0.3, -0.25) is 4.79 Å². The maximum atomic E-state index is 13.1. The second kappa shape index (κ2) is 9.35. The van der Waals surface area contributed by atoms with Crippen molar-refractivity contribution >= 4 is 11.9 Å². The molecule has 1 aliphatic heterocycles. The maximum Gasteiger partial charge on any atom is 0.228 e. The lowest BCUT2D eigenvalue weighted by Crippen LogP contribution is -2.43. The number of benzene rings is 1. The summed E-state index contributed by atoms with van der Waals surface area (Å²) in [6.07, 6.45) is 4.33. The highest BCUT2D eigenvalue weighted by Crippen LogP contribution is 2.24. The van der Waals surface area contributed by atoms with Gasteiger partial charge >= 0.3 is 0 Å². The SMILES string of the molecule is CCCN(Cc1ccccc1)C(=O)C1CCN(c2nccc(OC)n2)CC1. The van der Waals surface area contributed by atoms with Crippen molar-refractivity contribution in [2.45, 2.75) is 32.7 Å². The Labute approximate surface area is 161 Å². The van der Waals surface area contributed by atoms with Gasteiger partial charge in [0.25, 0.3) is 0 Å². The number of methoxy groups -OCH3 is 1. The Bertz CT molecular complexity index is 730. The molecule has 2 aromatic rings. The van der Waals surface area contributed by atoms with Crippen LogP contribution in [0.3, 0.4) is 0 Å². The third-order valence-electron chi connectivity index (χ3n) is 4.97. The fourth-order valence-corrected chi connectivity index (χ4v) is 3.52. The van der Waals surface area contributed by atoms with Crippen LogP contribution in [-0.2, 0) is 11.3 Å². The molecule has 1 aromatic carbocycles. The van der Waals surface area contributed by atoms with Crippen LogP contribution in [0.1, 0.15) is 31.7 Å². The molecule has 0 atom stereocenters. The summed E-state index contributed by atoms with van der Waals surface area (Å²) in [5.41, 5.74) is 1.18. The summed E-state index contributed by atoms with van der Waals surface area (Å²) in [6, 6.07) is 12.0. The summed E-state index contributed by atoms with van der Waals surface area (Å²) in [5.74, 6) is 1.58. The molecule has 1 saturated heterocycles. The van der Waals surface area contributed by atoms with Gasteiger partial charge in [0.05, 0.1) is 7.11 Å². The number of hydrogen-bond acceptors (Lipinski definition) is 5. The number of carbonyl (C=O) groups is 1. The van der Waals surface area contributed by atoms with Gasteiger partial charge in [-0.25, -0.2) is 4.98 Å². The molecule has 2 heterocycles. The first kappa shape index (κ1) is 19.1. The Hall–Kier alpha value is -2.63. The van der Waals surface area contributed by atoms with Crippen LogP contribution in [0.15, 0.2) is 42.6 Å². The fraction of sp³-hybridized carbons (Fsp3) is 0.476. The minimum Gasteiger partial charge on any atom is -0.481 e. The van der Waals surface area contributed by atoms with E-state index >= 15 is 0 Å². The van der Waals surface area contributed by atoms with E-state index in [0.717, 1.165) is 38.9 Å². The first-order valence-electron chi connectivity index (χ1n) is 9.66. The average molecular weight is 368 g/mol. The topological polar surface area (TPSA) is 58.6 Å². The Balaban J connectivity index is 1.60. The summed E-state index contributed by atoms with van der Waals surface area (Å²) in [6.45, 7) is 5.18. The molecule has 0 bridgehead atoms. The molecule has 3 rings (SSSR count). The molecule has 6 heteroatoms. The smallest absolute Gasteiger partial charge is 0.228 e. The van der Waals surface area contributed by atoms with Crippen LogP contribution in [0.4, 0.5) is 5.95 Å². The van der Waals surface area contributed by atoms with Crippen molar-refractivity contribution in [3.8, 4) is 5.88 Å². The predicted molar refractivity (Wildman–Crippen MR) is 106 cm³/mol. The van der Waals surface area contributed by atoms with E-state index in [4.69, 9.17) is 4.74 Å². The van der Waals surface area contributed by atoms with Crippen LogP contribution < -0.4 is 9.64 Å². The fourth-order valence-electron chi connectivity index (χ4n) is 3.52. The highest BCUT2D eigenvalue weighted by Gasteiger charge is 2.29. The number of anilines is 1. The molecule has 1 amide bonds. The molecule has 6 nitrogen and oxygen atoms in total. The van der Waals surface area contributed by atoms with Crippen LogP contribution in [0.25, 0.3) is 0 Å². The number of rotatable bonds is 7. The van der Waals surface area contributed by atoms with Gasteiger partial charge in [0.1, 0.15) is 0 Å². The number of ether oxygens (including phenoxy) is 1. The van der Waals surface area contributed by atoms with Crippen LogP contribution >= 0.6 is 0 Å². The number of amides is 1. The summed E-state index contributed by atoms with van der Waals surface area (Å²) in [4.78, 5) is 26.0. The molecule has 1 aliphatic rings. The third-order valence-corrected chi connectivity index (χ3v) is 4.97. The molecule has 0 radical (unpaired) electrons. The number of carbonyl (C=O) groups excluding carboxylic acids is 1. The van der Waals surface area contributed by atoms with E-state index in [1.54, 1.807) is 19.4 Å². The van der Waals surface area contributed by atoms with Crippen molar-refractivity contribution in [2.75, 3.05) is 31.6 Å². The average Bonchev–Trinajstić information content (AvgIpc) is 2.74. The maximum absolute atomic E-state index is 13.1. The Morgan fingerprint density at radius 2 is 1.96 bits per heavy atom. The third kappa shape index (κ3) is 4.96. The number of aromatic nitrogens is 2. The van der Waals surface area contributed by atoms with Crippen LogP contribution in [0.5, 0.6) is 5.88 Å². The van der Waals surface area contributed by atoms with Crippen molar-refractivity contribution in [1.82, 2.24) is 14.9 Å². The van der Waals surface area contributed by atoms with E-state index in [9.17, 15) is 4.79 Å². The standard InChI is InChI=1S/C21H28N4O2/c1-3-13-25(16-17-7-5-4-6-8-17)20(26)18-10-14-24(15-11-18)21-22-12-9-19(23-21)27-2/h4-9,12,18H,3,10-11,13-16H2,1-2H3. The van der Waals surface area contributed by atoms with Crippen molar-refractivity contribution < 1.29 is 9.53 Å². The molecule has 0 unspecified atom stereocenters. The van der Waals surface area contributed by atoms with Gasteiger partial charge in [0.15, 0.2) is 0 Å². The molecule has 0 aliphatic carbocycles. The predicted octanol–water partition coefficient (Wildman–Crippen LogP) is 3.14. The summed E-state index contributed by atoms with van der Waals surface area (Å²) < 4.78 is 5.18. The first-order chi connectivity index (χ1) is 13.2. The lowest BCUT2D eigenvalue weighted by molar-refractivity contribution is -0.136. The number of hydrogen-bond donors (Lipinski definition) is 0. The second-order valence-corrected chi connectivity index (χ2v) is 6.91.